The average molecular weight is 211 g/mol. The molecule has 0 heterocycles. The summed E-state index contributed by atoms with van der Waals surface area (Å²) in [7, 11) is 0. The van der Waals surface area contributed by atoms with Gasteiger partial charge in [-0.05, 0) is 24.6 Å². The number of rotatable bonds is 6. The van der Waals surface area contributed by atoms with Crippen LogP contribution in [0.5, 0.6) is 0 Å². The van der Waals surface area contributed by atoms with E-state index in [-0.39, 0.29) is 11.9 Å². The van der Waals surface area contributed by atoms with Gasteiger partial charge in [0.15, 0.2) is 0 Å². The Hall–Kier alpha value is -0.970. The minimum absolute atomic E-state index is 0.0226. The van der Waals surface area contributed by atoms with Crippen LogP contribution in [0.25, 0.3) is 0 Å². The molecule has 0 fully saturated rings. The van der Waals surface area contributed by atoms with Crippen LogP contribution in [-0.4, -0.2) is 25.7 Å². The van der Waals surface area contributed by atoms with Crippen LogP contribution in [0.4, 0.5) is 4.39 Å². The van der Waals surface area contributed by atoms with Crippen molar-refractivity contribution in [1.29, 1.82) is 0 Å². The summed E-state index contributed by atoms with van der Waals surface area (Å²) in [5.74, 6) is -0.151. The molecule has 0 amide bonds. The molecule has 0 radical (unpaired) electrons. The lowest BCUT2D eigenvalue weighted by atomic mass is 10.1. The Morgan fingerprint density at radius 1 is 1.33 bits per heavy atom. The third kappa shape index (κ3) is 4.38. The Labute approximate surface area is 89.7 Å². The fourth-order valence-electron chi connectivity index (χ4n) is 1.29. The Kier molecular flexibility index (Phi) is 5.25. The van der Waals surface area contributed by atoms with Crippen LogP contribution < -0.4 is 16.8 Å². The second-order valence-corrected chi connectivity index (χ2v) is 3.54. The van der Waals surface area contributed by atoms with Crippen molar-refractivity contribution in [3.8, 4) is 0 Å². The van der Waals surface area contributed by atoms with Gasteiger partial charge in [-0.15, -0.1) is 0 Å². The van der Waals surface area contributed by atoms with E-state index in [1.54, 1.807) is 12.1 Å². The molecule has 4 heteroatoms. The van der Waals surface area contributed by atoms with Crippen molar-refractivity contribution in [2.45, 2.75) is 12.5 Å². The smallest absolute Gasteiger partial charge is 0.126 e. The standard InChI is InChI=1S/C11H18FN3/c12-11-4-2-1-3-9(11)5-6-15-8-10(14)7-13/h1-4,10,15H,5-8,13-14H2. The predicted octanol–water partition coefficient (Wildman–Crippen LogP) is 0.244. The zero-order valence-corrected chi connectivity index (χ0v) is 8.75. The van der Waals surface area contributed by atoms with Crippen molar-refractivity contribution in [3.63, 3.8) is 0 Å². The highest BCUT2D eigenvalue weighted by Gasteiger charge is 2.01. The first-order valence-corrected chi connectivity index (χ1v) is 5.14. The first kappa shape index (κ1) is 12.1. The van der Waals surface area contributed by atoms with Gasteiger partial charge in [-0.25, -0.2) is 4.39 Å². The number of halogens is 1. The maximum Gasteiger partial charge on any atom is 0.126 e. The molecule has 1 rings (SSSR count). The Balaban J connectivity index is 2.23. The normalized spacial score (nSPS) is 12.7. The molecule has 84 valence electrons. The van der Waals surface area contributed by atoms with Gasteiger partial charge in [0.05, 0.1) is 0 Å². The zero-order chi connectivity index (χ0) is 11.1. The highest BCUT2D eigenvalue weighted by atomic mass is 19.1. The van der Waals surface area contributed by atoms with Crippen molar-refractivity contribution < 1.29 is 4.39 Å². The van der Waals surface area contributed by atoms with Gasteiger partial charge in [-0.3, -0.25) is 0 Å². The number of nitrogens with two attached hydrogens (primary N) is 2. The molecule has 1 unspecified atom stereocenters. The number of hydrogen-bond acceptors (Lipinski definition) is 3. The Morgan fingerprint density at radius 3 is 2.73 bits per heavy atom. The fraction of sp³-hybridized carbons (Fsp3) is 0.455. The Bertz CT molecular complexity index is 291. The van der Waals surface area contributed by atoms with Gasteiger partial charge in [-0.2, -0.15) is 0 Å². The van der Waals surface area contributed by atoms with Gasteiger partial charge in [0.25, 0.3) is 0 Å². The van der Waals surface area contributed by atoms with Crippen molar-refractivity contribution >= 4 is 0 Å². The first-order valence-electron chi connectivity index (χ1n) is 5.14. The molecule has 15 heavy (non-hydrogen) atoms. The second-order valence-electron chi connectivity index (χ2n) is 3.54. The highest BCUT2D eigenvalue weighted by Crippen LogP contribution is 2.05. The summed E-state index contributed by atoms with van der Waals surface area (Å²) in [6, 6.07) is 6.77. The molecule has 0 spiro atoms. The topological polar surface area (TPSA) is 64.1 Å². The van der Waals surface area contributed by atoms with E-state index in [1.165, 1.54) is 6.07 Å². The van der Waals surface area contributed by atoms with E-state index in [4.69, 9.17) is 11.5 Å². The number of nitrogens with one attached hydrogen (secondary N) is 1. The van der Waals surface area contributed by atoms with Crippen molar-refractivity contribution in [3.05, 3.63) is 35.6 Å². The van der Waals surface area contributed by atoms with Crippen LogP contribution in [0.3, 0.4) is 0 Å². The van der Waals surface area contributed by atoms with Crippen LogP contribution in [0.1, 0.15) is 5.56 Å². The number of benzene rings is 1. The van der Waals surface area contributed by atoms with Crippen LogP contribution >= 0.6 is 0 Å². The lowest BCUT2D eigenvalue weighted by Gasteiger charge is -2.10. The minimum atomic E-state index is -0.151. The number of hydrogen-bond donors (Lipinski definition) is 3. The molecular formula is C11H18FN3. The SMILES string of the molecule is NCC(N)CNCCc1ccccc1F. The molecule has 0 saturated carbocycles. The first-order chi connectivity index (χ1) is 7.24. The maximum atomic E-state index is 13.2. The third-order valence-electron chi connectivity index (χ3n) is 2.24. The van der Waals surface area contributed by atoms with Gasteiger partial charge in [0.2, 0.25) is 0 Å². The third-order valence-corrected chi connectivity index (χ3v) is 2.24. The second kappa shape index (κ2) is 6.50. The zero-order valence-electron chi connectivity index (χ0n) is 8.75. The van der Waals surface area contributed by atoms with Gasteiger partial charge in [-0.1, -0.05) is 18.2 Å². The van der Waals surface area contributed by atoms with E-state index in [9.17, 15) is 4.39 Å². The molecule has 0 aromatic heterocycles. The van der Waals surface area contributed by atoms with Gasteiger partial charge < -0.3 is 16.8 Å². The summed E-state index contributed by atoms with van der Waals surface area (Å²) in [5.41, 5.74) is 11.7. The lowest BCUT2D eigenvalue weighted by molar-refractivity contribution is 0.568. The fourth-order valence-corrected chi connectivity index (χ4v) is 1.29. The summed E-state index contributed by atoms with van der Waals surface area (Å²) in [6.45, 7) is 1.85. The lowest BCUT2D eigenvalue weighted by Crippen LogP contribution is -2.40. The maximum absolute atomic E-state index is 13.2. The molecule has 1 atom stereocenters. The monoisotopic (exact) mass is 211 g/mol. The molecule has 5 N–H and O–H groups in total. The minimum Gasteiger partial charge on any atom is -0.329 e. The molecule has 0 saturated heterocycles. The molecule has 1 aromatic rings. The highest BCUT2D eigenvalue weighted by molar-refractivity contribution is 5.17. The van der Waals surface area contributed by atoms with Crippen LogP contribution in [0, 0.1) is 5.82 Å². The summed E-state index contributed by atoms with van der Waals surface area (Å²) >= 11 is 0. The van der Waals surface area contributed by atoms with Crippen molar-refractivity contribution in [1.82, 2.24) is 5.32 Å². The van der Waals surface area contributed by atoms with Crippen LogP contribution in [-0.2, 0) is 6.42 Å². The van der Waals surface area contributed by atoms with Crippen molar-refractivity contribution in [2.24, 2.45) is 11.5 Å². The molecule has 0 bridgehead atoms. The molecule has 0 aliphatic carbocycles. The van der Waals surface area contributed by atoms with E-state index < -0.39 is 0 Å². The predicted molar refractivity (Wildman–Crippen MR) is 60.0 cm³/mol. The summed E-state index contributed by atoms with van der Waals surface area (Å²) in [4.78, 5) is 0. The van der Waals surface area contributed by atoms with Crippen molar-refractivity contribution in [2.75, 3.05) is 19.6 Å². The van der Waals surface area contributed by atoms with Crippen LogP contribution in [0.2, 0.25) is 0 Å². The summed E-state index contributed by atoms with van der Waals surface area (Å²) in [5, 5.41) is 3.14. The van der Waals surface area contributed by atoms with Crippen LogP contribution in [0.15, 0.2) is 24.3 Å². The van der Waals surface area contributed by atoms with E-state index in [0.717, 1.165) is 5.56 Å². The Morgan fingerprint density at radius 2 is 2.07 bits per heavy atom. The van der Waals surface area contributed by atoms with E-state index in [0.29, 0.717) is 26.1 Å². The molecule has 1 aromatic carbocycles. The average Bonchev–Trinajstić information content (AvgIpc) is 2.26. The quantitative estimate of drug-likeness (QED) is 0.591. The molecular weight excluding hydrogens is 193 g/mol. The summed E-state index contributed by atoms with van der Waals surface area (Å²) < 4.78 is 13.2. The van der Waals surface area contributed by atoms with Gasteiger partial charge >= 0.3 is 0 Å². The van der Waals surface area contributed by atoms with Gasteiger partial charge in [0.1, 0.15) is 5.82 Å². The largest absolute Gasteiger partial charge is 0.329 e. The van der Waals surface area contributed by atoms with E-state index in [2.05, 4.69) is 5.32 Å². The molecule has 0 aliphatic rings. The molecule has 3 nitrogen and oxygen atoms in total. The van der Waals surface area contributed by atoms with E-state index >= 15 is 0 Å². The van der Waals surface area contributed by atoms with E-state index in [1.807, 2.05) is 6.07 Å². The summed E-state index contributed by atoms with van der Waals surface area (Å²) in [6.07, 6.45) is 0.671. The molecule has 0 aliphatic heterocycles. The van der Waals surface area contributed by atoms with Gasteiger partial charge in [0, 0.05) is 19.1 Å².